The molecular formula is C4H4ClNO4. The average Bonchev–Trinajstić information content (AvgIpc) is 1.85. The lowest BCUT2D eigenvalue weighted by molar-refractivity contribution is -0.133. The lowest BCUT2D eigenvalue weighted by Crippen LogP contribution is -2.12. The van der Waals surface area contributed by atoms with E-state index in [1.807, 2.05) is 0 Å². The van der Waals surface area contributed by atoms with E-state index in [0.717, 1.165) is 0 Å². The molecule has 0 rings (SSSR count). The molecule has 0 bridgehead atoms. The van der Waals surface area contributed by atoms with Crippen molar-refractivity contribution in [2.24, 2.45) is 5.73 Å². The fraction of sp³-hybridized carbons (Fsp3) is 0. The van der Waals surface area contributed by atoms with Crippen LogP contribution in [0.3, 0.4) is 0 Å². The number of rotatable bonds is 2. The molecule has 0 fully saturated rings. The summed E-state index contributed by atoms with van der Waals surface area (Å²) in [5.74, 6) is -2.41. The molecule has 0 heterocycles. The number of hydrogen-bond acceptors (Lipinski definition) is 4. The van der Waals surface area contributed by atoms with Crippen LogP contribution >= 0.6 is 11.9 Å². The lowest BCUT2D eigenvalue weighted by atomic mass is 10.4. The second-order valence-corrected chi connectivity index (χ2v) is 1.46. The van der Waals surface area contributed by atoms with E-state index in [-0.39, 0.29) is 0 Å². The highest BCUT2D eigenvalue weighted by atomic mass is 35.5. The van der Waals surface area contributed by atoms with Crippen LogP contribution in [-0.4, -0.2) is 17.0 Å². The monoisotopic (exact) mass is 165 g/mol. The van der Waals surface area contributed by atoms with Gasteiger partial charge in [0.05, 0.1) is 6.08 Å². The molecule has 0 atom stereocenters. The van der Waals surface area contributed by atoms with Gasteiger partial charge in [-0.3, -0.25) is 0 Å². The standard InChI is InChI=1S/C4H4ClNO4/c5-10-4(9)2(6)1-3(7)8/h1H,6H2,(H,7,8). The molecule has 10 heavy (non-hydrogen) atoms. The minimum Gasteiger partial charge on any atom is -0.478 e. The molecule has 0 saturated heterocycles. The Labute approximate surface area is 61.2 Å². The molecule has 0 aliphatic carbocycles. The molecule has 5 nitrogen and oxygen atoms in total. The summed E-state index contributed by atoms with van der Waals surface area (Å²) in [6.07, 6.45) is 0.491. The first kappa shape index (κ1) is 8.77. The molecule has 0 amide bonds. The number of carboxylic acids is 1. The van der Waals surface area contributed by atoms with Gasteiger partial charge < -0.3 is 15.1 Å². The zero-order valence-electron chi connectivity index (χ0n) is 4.70. The van der Waals surface area contributed by atoms with Crippen LogP contribution in [0, 0.1) is 0 Å². The predicted octanol–water partition coefficient (Wildman–Crippen LogP) is -0.389. The zero-order chi connectivity index (χ0) is 8.15. The molecular weight excluding hydrogens is 161 g/mol. The van der Waals surface area contributed by atoms with E-state index in [4.69, 9.17) is 10.8 Å². The third kappa shape index (κ3) is 2.93. The smallest absolute Gasteiger partial charge is 0.372 e. The van der Waals surface area contributed by atoms with E-state index in [1.165, 1.54) is 0 Å². The van der Waals surface area contributed by atoms with Crippen LogP contribution in [0.5, 0.6) is 0 Å². The van der Waals surface area contributed by atoms with Gasteiger partial charge in [-0.25, -0.2) is 9.59 Å². The normalized spacial score (nSPS) is 10.7. The van der Waals surface area contributed by atoms with Crippen LogP contribution in [0.25, 0.3) is 0 Å². The molecule has 0 aromatic rings. The Morgan fingerprint density at radius 3 is 2.40 bits per heavy atom. The predicted molar refractivity (Wildman–Crippen MR) is 31.9 cm³/mol. The Kier molecular flexibility index (Phi) is 3.27. The molecule has 0 saturated carbocycles. The number of carbonyl (C=O) groups excluding carboxylic acids is 1. The van der Waals surface area contributed by atoms with Gasteiger partial charge in [-0.1, -0.05) is 0 Å². The number of carboxylic acid groups (broad SMARTS) is 1. The Morgan fingerprint density at radius 1 is 1.60 bits per heavy atom. The van der Waals surface area contributed by atoms with Crippen LogP contribution in [0.4, 0.5) is 0 Å². The minimum atomic E-state index is -1.33. The fourth-order valence-corrected chi connectivity index (χ4v) is 0.326. The maximum Gasteiger partial charge on any atom is 0.372 e. The van der Waals surface area contributed by atoms with Crippen LogP contribution in [0.1, 0.15) is 0 Å². The number of nitrogens with two attached hydrogens (primary N) is 1. The first-order valence-corrected chi connectivity index (χ1v) is 2.41. The summed E-state index contributed by atoms with van der Waals surface area (Å²) in [5.41, 5.74) is 4.30. The summed E-state index contributed by atoms with van der Waals surface area (Å²) in [6.45, 7) is 0. The topological polar surface area (TPSA) is 89.6 Å². The van der Waals surface area contributed by atoms with Crippen molar-refractivity contribution in [1.82, 2.24) is 0 Å². The third-order valence-corrected chi connectivity index (χ3v) is 0.725. The van der Waals surface area contributed by atoms with E-state index in [0.29, 0.717) is 6.08 Å². The van der Waals surface area contributed by atoms with Gasteiger partial charge in [-0.05, 0) is 0 Å². The Bertz CT molecular complexity index is 188. The van der Waals surface area contributed by atoms with E-state index in [9.17, 15) is 9.59 Å². The van der Waals surface area contributed by atoms with Crippen LogP contribution in [0.15, 0.2) is 11.8 Å². The van der Waals surface area contributed by atoms with Gasteiger partial charge in [0.15, 0.2) is 0 Å². The van der Waals surface area contributed by atoms with Gasteiger partial charge in [-0.2, -0.15) is 0 Å². The van der Waals surface area contributed by atoms with E-state index < -0.39 is 17.6 Å². The van der Waals surface area contributed by atoms with Crippen LogP contribution in [-0.2, 0) is 13.9 Å². The van der Waals surface area contributed by atoms with Gasteiger partial charge >= 0.3 is 11.9 Å². The molecule has 3 N–H and O–H groups in total. The quantitative estimate of drug-likeness (QED) is 0.544. The second kappa shape index (κ2) is 3.73. The Hall–Kier alpha value is -1.23. The number of hydrogen-bond donors (Lipinski definition) is 2. The number of carbonyl (C=O) groups is 2. The first-order chi connectivity index (χ1) is 4.57. The molecule has 0 radical (unpaired) electrons. The van der Waals surface area contributed by atoms with Crippen molar-refractivity contribution in [1.29, 1.82) is 0 Å². The summed E-state index contributed by atoms with van der Waals surface area (Å²) in [6, 6.07) is 0. The molecule has 0 aromatic carbocycles. The molecule has 0 aromatic heterocycles. The van der Waals surface area contributed by atoms with Crippen molar-refractivity contribution in [3.8, 4) is 0 Å². The number of halogens is 1. The van der Waals surface area contributed by atoms with Gasteiger partial charge in [0.1, 0.15) is 17.6 Å². The van der Waals surface area contributed by atoms with Crippen molar-refractivity contribution in [2.75, 3.05) is 0 Å². The Morgan fingerprint density at radius 2 is 2.10 bits per heavy atom. The van der Waals surface area contributed by atoms with Crippen molar-refractivity contribution < 1.29 is 19.0 Å². The average molecular weight is 166 g/mol. The molecule has 56 valence electrons. The summed E-state index contributed by atoms with van der Waals surface area (Å²) < 4.78 is 3.59. The molecule has 0 unspecified atom stereocenters. The highest BCUT2D eigenvalue weighted by Crippen LogP contribution is 1.91. The molecule has 6 heteroatoms. The SMILES string of the molecule is NC(=CC(=O)O)C(=O)OCl. The molecule has 0 aliphatic rings. The van der Waals surface area contributed by atoms with E-state index in [2.05, 4.69) is 16.2 Å². The maximum atomic E-state index is 10.2. The zero-order valence-corrected chi connectivity index (χ0v) is 5.46. The van der Waals surface area contributed by atoms with Gasteiger partial charge in [0.25, 0.3) is 0 Å². The van der Waals surface area contributed by atoms with Gasteiger partial charge in [0, 0.05) is 0 Å². The largest absolute Gasteiger partial charge is 0.478 e. The van der Waals surface area contributed by atoms with Crippen LogP contribution < -0.4 is 5.73 Å². The summed E-state index contributed by atoms with van der Waals surface area (Å²) in [4.78, 5) is 20.1. The highest BCUT2D eigenvalue weighted by molar-refractivity contribution is 6.16. The first-order valence-electron chi connectivity index (χ1n) is 2.11. The van der Waals surface area contributed by atoms with E-state index in [1.54, 1.807) is 0 Å². The maximum absolute atomic E-state index is 10.2. The van der Waals surface area contributed by atoms with E-state index >= 15 is 0 Å². The summed E-state index contributed by atoms with van der Waals surface area (Å²) in [5, 5.41) is 8.02. The fourth-order valence-electron chi connectivity index (χ4n) is 0.236. The summed E-state index contributed by atoms with van der Waals surface area (Å²) in [7, 11) is 0. The van der Waals surface area contributed by atoms with Gasteiger partial charge in [-0.15, -0.1) is 0 Å². The molecule has 0 spiro atoms. The van der Waals surface area contributed by atoms with Gasteiger partial charge in [0.2, 0.25) is 0 Å². The number of aliphatic carboxylic acids is 1. The van der Waals surface area contributed by atoms with Crippen molar-refractivity contribution in [3.05, 3.63) is 11.8 Å². The van der Waals surface area contributed by atoms with Crippen LogP contribution in [0.2, 0.25) is 0 Å². The van der Waals surface area contributed by atoms with Crippen molar-refractivity contribution in [2.45, 2.75) is 0 Å². The Balaban J connectivity index is 4.19. The molecule has 0 aliphatic heterocycles. The summed E-state index contributed by atoms with van der Waals surface area (Å²) >= 11 is 4.57. The minimum absolute atomic E-state index is 0.491. The second-order valence-electron chi connectivity index (χ2n) is 1.30. The van der Waals surface area contributed by atoms with Crippen molar-refractivity contribution >= 4 is 23.8 Å². The van der Waals surface area contributed by atoms with Crippen molar-refractivity contribution in [3.63, 3.8) is 0 Å². The highest BCUT2D eigenvalue weighted by Gasteiger charge is 2.06. The lowest BCUT2D eigenvalue weighted by Gasteiger charge is -1.91. The third-order valence-electron chi connectivity index (χ3n) is 0.585.